The molecule has 9 heteroatoms. The summed E-state index contributed by atoms with van der Waals surface area (Å²) in [6.07, 6.45) is -4.53. The van der Waals surface area contributed by atoms with Gasteiger partial charge < -0.3 is 6.15 Å². The third kappa shape index (κ3) is 3.37. The van der Waals surface area contributed by atoms with E-state index in [-0.39, 0.29) is 34.6 Å². The molecule has 1 aromatic heterocycles. The molecule has 3 N–H and O–H groups in total. The lowest BCUT2D eigenvalue weighted by atomic mass is 10.1. The quantitative estimate of drug-likeness (QED) is 0.669. The molecule has 0 saturated heterocycles. The van der Waals surface area contributed by atoms with E-state index in [4.69, 9.17) is 0 Å². The first-order valence-electron chi connectivity index (χ1n) is 5.87. The Morgan fingerprint density at radius 2 is 1.82 bits per heavy atom. The average Bonchev–Trinajstić information content (AvgIpc) is 2.36. The number of aromatic nitrogens is 2. The van der Waals surface area contributed by atoms with Crippen LogP contribution in [0.2, 0.25) is 0 Å². The Morgan fingerprint density at radius 1 is 1.18 bits per heavy atom. The van der Waals surface area contributed by atoms with E-state index in [1.807, 2.05) is 0 Å². The first-order chi connectivity index (χ1) is 9.70. The van der Waals surface area contributed by atoms with Gasteiger partial charge in [-0.1, -0.05) is 12.1 Å². The number of alkyl halides is 3. The average molecular weight is 314 g/mol. The van der Waals surface area contributed by atoms with Crippen LogP contribution in [0, 0.1) is 24.0 Å². The lowest BCUT2D eigenvalue weighted by Crippen LogP contribution is -2.06. The van der Waals surface area contributed by atoms with Gasteiger partial charge in [-0.05, 0) is 26.0 Å². The van der Waals surface area contributed by atoms with Crippen LogP contribution in [0.3, 0.4) is 0 Å². The minimum atomic E-state index is -4.53. The lowest BCUT2D eigenvalue weighted by Gasteiger charge is -2.09. The molecule has 2 aromatic rings. The Balaban J connectivity index is 0.00000242. The normalized spacial score (nSPS) is 11.0. The zero-order valence-electron chi connectivity index (χ0n) is 11.8. The summed E-state index contributed by atoms with van der Waals surface area (Å²) < 4.78 is 38.2. The summed E-state index contributed by atoms with van der Waals surface area (Å²) in [5.41, 5.74) is -1.25. The molecule has 0 spiro atoms. The van der Waals surface area contributed by atoms with E-state index in [0.29, 0.717) is 0 Å². The molecule has 0 unspecified atom stereocenters. The standard InChI is InChI=1S/C13H10F3N3O2.H3N/c1-7-12(19(20)21)11(18-8(2)17-7)9-4-3-5-10(6-9)13(14,15)16;/h3-6H,1-2H3;1H3. The molecule has 6 nitrogen and oxygen atoms in total. The molecule has 0 saturated carbocycles. The molecule has 0 amide bonds. The van der Waals surface area contributed by atoms with Gasteiger partial charge in [0.15, 0.2) is 5.69 Å². The highest BCUT2D eigenvalue weighted by molar-refractivity contribution is 5.71. The largest absolute Gasteiger partial charge is 0.416 e. The molecule has 2 rings (SSSR count). The Hall–Kier alpha value is -2.55. The van der Waals surface area contributed by atoms with Crippen LogP contribution in [-0.2, 0) is 6.18 Å². The van der Waals surface area contributed by atoms with E-state index in [0.717, 1.165) is 12.1 Å². The van der Waals surface area contributed by atoms with Crippen LogP contribution in [0.15, 0.2) is 24.3 Å². The van der Waals surface area contributed by atoms with Crippen LogP contribution in [0.25, 0.3) is 11.3 Å². The molecule has 0 aliphatic heterocycles. The highest BCUT2D eigenvalue weighted by Gasteiger charge is 2.31. The van der Waals surface area contributed by atoms with Crippen LogP contribution in [-0.4, -0.2) is 14.9 Å². The molecule has 0 atom stereocenters. The van der Waals surface area contributed by atoms with Crippen molar-refractivity contribution >= 4 is 5.69 Å². The Morgan fingerprint density at radius 3 is 2.36 bits per heavy atom. The van der Waals surface area contributed by atoms with Crippen molar-refractivity contribution in [2.24, 2.45) is 0 Å². The van der Waals surface area contributed by atoms with E-state index in [2.05, 4.69) is 9.97 Å². The summed E-state index contributed by atoms with van der Waals surface area (Å²) in [7, 11) is 0. The van der Waals surface area contributed by atoms with Crippen LogP contribution < -0.4 is 6.15 Å². The minimum absolute atomic E-state index is 0. The molecule has 118 valence electrons. The van der Waals surface area contributed by atoms with Crippen LogP contribution in [0.5, 0.6) is 0 Å². The summed E-state index contributed by atoms with van der Waals surface area (Å²) in [6.45, 7) is 2.94. The monoisotopic (exact) mass is 314 g/mol. The number of rotatable bonds is 2. The summed E-state index contributed by atoms with van der Waals surface area (Å²) >= 11 is 0. The van der Waals surface area contributed by atoms with Crippen LogP contribution in [0.4, 0.5) is 18.9 Å². The Bertz CT molecular complexity index is 717. The Labute approximate surface area is 123 Å². The second-order valence-corrected chi connectivity index (χ2v) is 4.39. The maximum absolute atomic E-state index is 12.7. The van der Waals surface area contributed by atoms with Gasteiger partial charge in [0.05, 0.1) is 10.5 Å². The van der Waals surface area contributed by atoms with Crippen molar-refractivity contribution < 1.29 is 18.1 Å². The van der Waals surface area contributed by atoms with Crippen molar-refractivity contribution in [3.8, 4) is 11.3 Å². The van der Waals surface area contributed by atoms with Crippen molar-refractivity contribution in [3.63, 3.8) is 0 Å². The van der Waals surface area contributed by atoms with Gasteiger partial charge in [0.2, 0.25) is 0 Å². The van der Waals surface area contributed by atoms with Crippen molar-refractivity contribution in [3.05, 3.63) is 51.5 Å². The molecule has 1 heterocycles. The lowest BCUT2D eigenvalue weighted by molar-refractivity contribution is -0.385. The number of benzene rings is 1. The fourth-order valence-corrected chi connectivity index (χ4v) is 1.97. The van der Waals surface area contributed by atoms with Crippen molar-refractivity contribution in [2.45, 2.75) is 20.0 Å². The SMILES string of the molecule is Cc1nc(C)c([N+](=O)[O-])c(-c2cccc(C(F)(F)F)c2)n1.N. The van der Waals surface area contributed by atoms with Crippen molar-refractivity contribution in [1.29, 1.82) is 0 Å². The van der Waals surface area contributed by atoms with Gasteiger partial charge in [-0.3, -0.25) is 10.1 Å². The number of halogens is 3. The fourth-order valence-electron chi connectivity index (χ4n) is 1.97. The zero-order chi connectivity index (χ0) is 15.8. The van der Waals surface area contributed by atoms with Gasteiger partial charge in [0.1, 0.15) is 11.5 Å². The summed E-state index contributed by atoms with van der Waals surface area (Å²) in [4.78, 5) is 18.2. The van der Waals surface area contributed by atoms with E-state index in [1.54, 1.807) is 0 Å². The number of hydrogen-bond acceptors (Lipinski definition) is 5. The third-order valence-electron chi connectivity index (χ3n) is 2.82. The number of nitro groups is 1. The van der Waals surface area contributed by atoms with E-state index >= 15 is 0 Å². The second kappa shape index (κ2) is 6.06. The van der Waals surface area contributed by atoms with Gasteiger partial charge in [-0.25, -0.2) is 9.97 Å². The van der Waals surface area contributed by atoms with Crippen LogP contribution in [0.1, 0.15) is 17.1 Å². The zero-order valence-corrected chi connectivity index (χ0v) is 11.8. The van der Waals surface area contributed by atoms with E-state index in [9.17, 15) is 23.3 Å². The van der Waals surface area contributed by atoms with Gasteiger partial charge >= 0.3 is 11.9 Å². The predicted molar refractivity (Wildman–Crippen MR) is 73.6 cm³/mol. The predicted octanol–water partition coefficient (Wildman–Crippen LogP) is 3.85. The molecule has 0 bridgehead atoms. The number of hydrogen-bond donors (Lipinski definition) is 1. The third-order valence-corrected chi connectivity index (χ3v) is 2.82. The minimum Gasteiger partial charge on any atom is -0.344 e. The molecule has 0 aliphatic carbocycles. The molecule has 0 aliphatic rings. The summed E-state index contributed by atoms with van der Waals surface area (Å²) in [5, 5.41) is 11.1. The van der Waals surface area contributed by atoms with Crippen molar-refractivity contribution in [1.82, 2.24) is 16.1 Å². The molecule has 22 heavy (non-hydrogen) atoms. The molecule has 0 radical (unpaired) electrons. The summed E-state index contributed by atoms with van der Waals surface area (Å²) in [6, 6.07) is 4.28. The van der Waals surface area contributed by atoms with E-state index in [1.165, 1.54) is 26.0 Å². The van der Waals surface area contributed by atoms with Crippen LogP contribution >= 0.6 is 0 Å². The number of aryl methyl sites for hydroxylation is 2. The van der Waals surface area contributed by atoms with E-state index < -0.39 is 16.7 Å². The molecular formula is C13H13F3N4O2. The Kier molecular flexibility index (Phi) is 4.82. The first-order valence-corrected chi connectivity index (χ1v) is 5.87. The molecular weight excluding hydrogens is 301 g/mol. The molecule has 0 fully saturated rings. The second-order valence-electron chi connectivity index (χ2n) is 4.39. The van der Waals surface area contributed by atoms with Gasteiger partial charge in [-0.15, -0.1) is 0 Å². The van der Waals surface area contributed by atoms with Crippen molar-refractivity contribution in [2.75, 3.05) is 0 Å². The highest BCUT2D eigenvalue weighted by atomic mass is 19.4. The highest BCUT2D eigenvalue weighted by Crippen LogP contribution is 2.35. The number of nitrogens with zero attached hydrogens (tertiary/aromatic N) is 3. The summed E-state index contributed by atoms with van der Waals surface area (Å²) in [5.74, 6) is 0.255. The smallest absolute Gasteiger partial charge is 0.344 e. The maximum Gasteiger partial charge on any atom is 0.416 e. The molecule has 1 aromatic carbocycles. The fraction of sp³-hybridized carbons (Fsp3) is 0.231. The maximum atomic E-state index is 12.7. The van der Waals surface area contributed by atoms with Gasteiger partial charge in [0, 0.05) is 5.56 Å². The topological polar surface area (TPSA) is 104 Å². The van der Waals surface area contributed by atoms with Gasteiger partial charge in [0.25, 0.3) is 0 Å². The first kappa shape index (κ1) is 17.5. The van der Waals surface area contributed by atoms with Gasteiger partial charge in [-0.2, -0.15) is 13.2 Å².